The second kappa shape index (κ2) is 7.24. The van der Waals surface area contributed by atoms with Crippen LogP contribution in [0.15, 0.2) is 23.6 Å². The molecule has 0 spiro atoms. The highest BCUT2D eigenvalue weighted by Gasteiger charge is 2.17. The van der Waals surface area contributed by atoms with Gasteiger partial charge in [-0.25, -0.2) is 17.8 Å². The molecule has 2 rings (SSSR count). The lowest BCUT2D eigenvalue weighted by atomic mass is 10.1. The molecule has 24 heavy (non-hydrogen) atoms. The van der Waals surface area contributed by atoms with Gasteiger partial charge < -0.3 is 10.1 Å². The monoisotopic (exact) mass is 373 g/mol. The quantitative estimate of drug-likeness (QED) is 0.834. The largest absolute Gasteiger partial charge is 0.496 e. The molecule has 0 radical (unpaired) electrons. The number of methoxy groups -OCH3 is 1. The predicted molar refractivity (Wildman–Crippen MR) is 90.2 cm³/mol. The molecule has 0 atom stereocenters. The number of carbonyl (C=O) groups is 1. The van der Waals surface area contributed by atoms with E-state index in [0.717, 1.165) is 21.9 Å². The number of hydrogen-bond donors (Lipinski definition) is 1. The number of anilines is 1. The molecule has 0 fully saturated rings. The summed E-state index contributed by atoms with van der Waals surface area (Å²) < 4.78 is 42.1. The maximum absolute atomic E-state index is 13.4. The fourth-order valence-electron chi connectivity index (χ4n) is 1.81. The van der Waals surface area contributed by atoms with E-state index < -0.39 is 21.7 Å². The van der Waals surface area contributed by atoms with Crippen molar-refractivity contribution in [3.05, 3.63) is 29.4 Å². The minimum Gasteiger partial charge on any atom is -0.496 e. The lowest BCUT2D eigenvalue weighted by Gasteiger charge is -2.12. The molecule has 0 saturated carbocycles. The number of benzene rings is 1. The molecule has 0 bridgehead atoms. The van der Waals surface area contributed by atoms with Gasteiger partial charge in [-0.1, -0.05) is 0 Å². The molecule has 1 amide bonds. The van der Waals surface area contributed by atoms with E-state index in [2.05, 4.69) is 10.3 Å². The Morgan fingerprint density at radius 1 is 1.46 bits per heavy atom. The second-order valence-corrected chi connectivity index (χ2v) is 7.90. The van der Waals surface area contributed by atoms with Gasteiger partial charge >= 0.3 is 0 Å². The van der Waals surface area contributed by atoms with Crippen LogP contribution >= 0.6 is 11.3 Å². The van der Waals surface area contributed by atoms with Gasteiger partial charge in [0.25, 0.3) is 0 Å². The fourth-order valence-corrected chi connectivity index (χ4v) is 2.89. The summed E-state index contributed by atoms with van der Waals surface area (Å²) in [5, 5.41) is 4.44. The third-order valence-electron chi connectivity index (χ3n) is 3.12. The van der Waals surface area contributed by atoms with Gasteiger partial charge in [0.1, 0.15) is 11.6 Å². The Morgan fingerprint density at radius 3 is 2.79 bits per heavy atom. The van der Waals surface area contributed by atoms with Crippen molar-refractivity contribution >= 4 is 32.4 Å². The van der Waals surface area contributed by atoms with Crippen LogP contribution in [-0.2, 0) is 14.8 Å². The first-order chi connectivity index (χ1) is 11.2. The molecule has 1 aromatic carbocycles. The molecule has 0 aliphatic rings. The maximum atomic E-state index is 13.4. The highest BCUT2D eigenvalue weighted by atomic mass is 32.2. The summed E-state index contributed by atoms with van der Waals surface area (Å²) in [5.74, 6) is -0.495. The van der Waals surface area contributed by atoms with Crippen molar-refractivity contribution in [3.63, 3.8) is 0 Å². The van der Waals surface area contributed by atoms with Crippen molar-refractivity contribution in [2.24, 2.45) is 0 Å². The molecule has 0 aliphatic carbocycles. The summed E-state index contributed by atoms with van der Waals surface area (Å²) in [6, 6.07) is 4.05. The first kappa shape index (κ1) is 18.3. The number of ether oxygens (including phenoxy) is 1. The number of nitrogens with zero attached hydrogens (tertiary/aromatic N) is 2. The summed E-state index contributed by atoms with van der Waals surface area (Å²) in [7, 11) is -0.674. The highest BCUT2D eigenvalue weighted by molar-refractivity contribution is 7.88. The van der Waals surface area contributed by atoms with Crippen LogP contribution in [0.5, 0.6) is 5.75 Å². The Labute approximate surface area is 143 Å². The van der Waals surface area contributed by atoms with Gasteiger partial charge in [-0.15, -0.1) is 11.3 Å². The van der Waals surface area contributed by atoms with E-state index >= 15 is 0 Å². The van der Waals surface area contributed by atoms with Crippen LogP contribution in [-0.4, -0.2) is 50.6 Å². The Hall–Kier alpha value is -2.04. The maximum Gasteiger partial charge on any atom is 0.241 e. The number of sulfonamides is 1. The predicted octanol–water partition coefficient (Wildman–Crippen LogP) is 1.79. The Morgan fingerprint density at radius 2 is 2.17 bits per heavy atom. The zero-order valence-corrected chi connectivity index (χ0v) is 14.9. The number of aromatic nitrogens is 1. The number of thiazole rings is 1. The van der Waals surface area contributed by atoms with Crippen LogP contribution in [0.1, 0.15) is 0 Å². The number of rotatable bonds is 6. The molecular formula is C14H16FN3O4S2. The molecule has 0 aliphatic heterocycles. The summed E-state index contributed by atoms with van der Waals surface area (Å²) >= 11 is 1.14. The molecule has 0 saturated heterocycles. The van der Waals surface area contributed by atoms with Crippen molar-refractivity contribution in [3.8, 4) is 17.0 Å². The molecule has 1 N–H and O–H groups in total. The summed E-state index contributed by atoms with van der Waals surface area (Å²) in [4.78, 5) is 16.1. The third-order valence-corrected chi connectivity index (χ3v) is 5.14. The van der Waals surface area contributed by atoms with E-state index in [1.165, 1.54) is 32.4 Å². The molecule has 1 aromatic heterocycles. The number of halogens is 1. The van der Waals surface area contributed by atoms with Crippen LogP contribution in [0, 0.1) is 5.82 Å². The van der Waals surface area contributed by atoms with Gasteiger partial charge in [-0.05, 0) is 18.2 Å². The summed E-state index contributed by atoms with van der Waals surface area (Å²) in [6.07, 6.45) is 1.01. The zero-order chi connectivity index (χ0) is 17.9. The number of carbonyl (C=O) groups excluding carboxylic acids is 1. The van der Waals surface area contributed by atoms with Gasteiger partial charge in [-0.3, -0.25) is 4.79 Å². The average Bonchev–Trinajstić information content (AvgIpc) is 2.94. The first-order valence-electron chi connectivity index (χ1n) is 6.71. The van der Waals surface area contributed by atoms with Gasteiger partial charge in [0.05, 0.1) is 25.6 Å². The van der Waals surface area contributed by atoms with Crippen LogP contribution in [0.25, 0.3) is 11.3 Å². The molecule has 130 valence electrons. The Kier molecular flexibility index (Phi) is 5.52. The number of hydrogen-bond acceptors (Lipinski definition) is 6. The third kappa shape index (κ3) is 4.49. The average molecular weight is 373 g/mol. The van der Waals surface area contributed by atoms with Crippen LogP contribution in [0.4, 0.5) is 9.52 Å². The highest BCUT2D eigenvalue weighted by Crippen LogP contribution is 2.32. The molecule has 0 unspecified atom stereocenters. The minimum absolute atomic E-state index is 0.281. The smallest absolute Gasteiger partial charge is 0.241 e. The Balaban J connectivity index is 2.14. The molecular weight excluding hydrogens is 357 g/mol. The normalized spacial score (nSPS) is 11.5. The molecule has 10 heteroatoms. The van der Waals surface area contributed by atoms with E-state index in [1.54, 1.807) is 5.38 Å². The minimum atomic E-state index is -3.44. The van der Waals surface area contributed by atoms with Crippen molar-refractivity contribution < 1.29 is 22.3 Å². The first-order valence-corrected chi connectivity index (χ1v) is 9.44. The van der Waals surface area contributed by atoms with Gasteiger partial charge in [0.15, 0.2) is 5.13 Å². The molecule has 7 nitrogen and oxygen atoms in total. The lowest BCUT2D eigenvalue weighted by Crippen LogP contribution is -2.34. The number of nitrogens with one attached hydrogen (secondary N) is 1. The molecule has 2 aromatic rings. The summed E-state index contributed by atoms with van der Waals surface area (Å²) in [6.45, 7) is -0.322. The fraction of sp³-hybridized carbons (Fsp3) is 0.286. The van der Waals surface area contributed by atoms with E-state index in [1.807, 2.05) is 0 Å². The standard InChI is InChI=1S/C14H16FN3O4S2/c1-18(24(3,20)21)7-13(19)17-14-16-11(8-23-14)10-6-9(15)4-5-12(10)22-2/h4-6,8H,7H2,1-3H3,(H,16,17,19). The second-order valence-electron chi connectivity index (χ2n) is 4.95. The lowest BCUT2D eigenvalue weighted by molar-refractivity contribution is -0.116. The van der Waals surface area contributed by atoms with Gasteiger partial charge in [-0.2, -0.15) is 4.31 Å². The molecule has 1 heterocycles. The number of likely N-dealkylation sites (N-methyl/N-ethyl adjacent to an activating group) is 1. The van der Waals surface area contributed by atoms with Crippen molar-refractivity contribution in [1.29, 1.82) is 0 Å². The number of amides is 1. The summed E-state index contributed by atoms with van der Waals surface area (Å²) in [5.41, 5.74) is 0.908. The van der Waals surface area contributed by atoms with E-state index in [0.29, 0.717) is 17.0 Å². The van der Waals surface area contributed by atoms with Crippen LogP contribution in [0.3, 0.4) is 0 Å². The Bertz CT molecular complexity index is 851. The topological polar surface area (TPSA) is 88.6 Å². The SMILES string of the molecule is COc1ccc(F)cc1-c1csc(NC(=O)CN(C)S(C)(=O)=O)n1. The van der Waals surface area contributed by atoms with Crippen LogP contribution < -0.4 is 10.1 Å². The van der Waals surface area contributed by atoms with E-state index in [4.69, 9.17) is 4.74 Å². The van der Waals surface area contributed by atoms with Gasteiger partial charge in [0, 0.05) is 18.0 Å². The van der Waals surface area contributed by atoms with Crippen LogP contribution in [0.2, 0.25) is 0 Å². The van der Waals surface area contributed by atoms with Crippen molar-refractivity contribution in [1.82, 2.24) is 9.29 Å². The van der Waals surface area contributed by atoms with Crippen molar-refractivity contribution in [2.75, 3.05) is 32.3 Å². The van der Waals surface area contributed by atoms with E-state index in [9.17, 15) is 17.6 Å². The van der Waals surface area contributed by atoms with Gasteiger partial charge in [0.2, 0.25) is 15.9 Å². The zero-order valence-electron chi connectivity index (χ0n) is 13.2. The van der Waals surface area contributed by atoms with Crippen molar-refractivity contribution in [2.45, 2.75) is 0 Å². The van der Waals surface area contributed by atoms with E-state index in [-0.39, 0.29) is 11.7 Å².